The molecule has 1 aliphatic heterocycles. The Morgan fingerprint density at radius 3 is 2.44 bits per heavy atom. The standard InChI is InChI=1S/C26H40F3NO6/c1-5-25(3,4)24(34)36-20-11-16(30-23(33)26(27,28)29)10-15-7-6-14(2)19(22(15)20)9-8-18-12-17(31)13-21(32)35-18/h14-20,22,31H,5-13H2,1-4H3,(H,30,33)/t14-,15-,16-,17+,18-,19-,20-,22-/m0/s1. The number of aliphatic hydroxyl groups excluding tert-OH is 1. The second-order valence-electron chi connectivity index (χ2n) is 11.7. The van der Waals surface area contributed by atoms with E-state index < -0.39 is 47.7 Å². The van der Waals surface area contributed by atoms with Gasteiger partial charge >= 0.3 is 24.0 Å². The quantitative estimate of drug-likeness (QED) is 0.487. The van der Waals surface area contributed by atoms with E-state index in [9.17, 15) is 32.7 Å². The Morgan fingerprint density at radius 1 is 1.14 bits per heavy atom. The molecule has 0 spiro atoms. The van der Waals surface area contributed by atoms with Crippen LogP contribution in [0.25, 0.3) is 0 Å². The molecule has 36 heavy (non-hydrogen) atoms. The second kappa shape index (κ2) is 11.3. The number of carbonyl (C=O) groups is 3. The summed E-state index contributed by atoms with van der Waals surface area (Å²) in [6.07, 6.45) is -2.30. The van der Waals surface area contributed by atoms with Crippen LogP contribution in [0.3, 0.4) is 0 Å². The largest absolute Gasteiger partial charge is 0.471 e. The van der Waals surface area contributed by atoms with Crippen LogP contribution in [-0.2, 0) is 23.9 Å². The van der Waals surface area contributed by atoms with Crippen molar-refractivity contribution in [2.45, 2.75) is 116 Å². The van der Waals surface area contributed by atoms with Crippen molar-refractivity contribution < 1.29 is 42.1 Å². The third-order valence-corrected chi connectivity index (χ3v) is 8.64. The first-order valence-corrected chi connectivity index (χ1v) is 13.2. The van der Waals surface area contributed by atoms with Crippen LogP contribution in [-0.4, -0.2) is 53.5 Å². The molecule has 3 rings (SSSR count). The van der Waals surface area contributed by atoms with Gasteiger partial charge in [0.2, 0.25) is 0 Å². The molecule has 0 aromatic carbocycles. The molecule has 206 valence electrons. The van der Waals surface area contributed by atoms with Crippen LogP contribution in [0, 0.1) is 29.1 Å². The van der Waals surface area contributed by atoms with Gasteiger partial charge in [0.25, 0.3) is 0 Å². The van der Waals surface area contributed by atoms with Gasteiger partial charge < -0.3 is 19.9 Å². The summed E-state index contributed by atoms with van der Waals surface area (Å²) in [5.74, 6) is -2.43. The van der Waals surface area contributed by atoms with Crippen molar-refractivity contribution in [2.75, 3.05) is 0 Å². The Labute approximate surface area is 210 Å². The molecule has 0 bridgehead atoms. The maximum Gasteiger partial charge on any atom is 0.471 e. The van der Waals surface area contributed by atoms with Crippen molar-refractivity contribution in [3.8, 4) is 0 Å². The first kappa shape index (κ1) is 28.7. The minimum Gasteiger partial charge on any atom is -0.462 e. The van der Waals surface area contributed by atoms with Gasteiger partial charge in [-0.2, -0.15) is 13.2 Å². The number of cyclic esters (lactones) is 1. The Morgan fingerprint density at radius 2 is 1.83 bits per heavy atom. The molecule has 1 heterocycles. The summed E-state index contributed by atoms with van der Waals surface area (Å²) in [5.41, 5.74) is -0.736. The van der Waals surface area contributed by atoms with Crippen LogP contribution in [0.1, 0.15) is 85.5 Å². The number of hydrogen-bond donors (Lipinski definition) is 2. The fraction of sp³-hybridized carbons (Fsp3) is 0.885. The van der Waals surface area contributed by atoms with E-state index in [0.29, 0.717) is 32.1 Å². The highest BCUT2D eigenvalue weighted by atomic mass is 19.4. The summed E-state index contributed by atoms with van der Waals surface area (Å²) in [6.45, 7) is 7.57. The predicted molar refractivity (Wildman–Crippen MR) is 124 cm³/mol. The van der Waals surface area contributed by atoms with Crippen LogP contribution in [0.4, 0.5) is 13.2 Å². The number of hydrogen-bond acceptors (Lipinski definition) is 6. The molecule has 2 aliphatic carbocycles. The average molecular weight is 520 g/mol. The monoisotopic (exact) mass is 519 g/mol. The molecule has 2 saturated carbocycles. The molecule has 1 amide bonds. The Bertz CT molecular complexity index is 816. The fourth-order valence-corrected chi connectivity index (χ4v) is 6.21. The molecule has 0 aromatic heterocycles. The molecule has 0 unspecified atom stereocenters. The first-order valence-electron chi connectivity index (χ1n) is 13.2. The molecular weight excluding hydrogens is 479 g/mol. The van der Waals surface area contributed by atoms with Crippen LogP contribution in [0.15, 0.2) is 0 Å². The number of amides is 1. The van der Waals surface area contributed by atoms with Gasteiger partial charge in [0.15, 0.2) is 0 Å². The summed E-state index contributed by atoms with van der Waals surface area (Å²) in [4.78, 5) is 36.4. The van der Waals surface area contributed by atoms with Gasteiger partial charge in [0, 0.05) is 24.8 Å². The topological polar surface area (TPSA) is 102 Å². The third-order valence-electron chi connectivity index (χ3n) is 8.64. The lowest BCUT2D eigenvalue weighted by atomic mass is 9.58. The van der Waals surface area contributed by atoms with E-state index in [1.807, 2.05) is 6.92 Å². The number of halogens is 3. The lowest BCUT2D eigenvalue weighted by Gasteiger charge is -2.51. The maximum atomic E-state index is 13.0. The smallest absolute Gasteiger partial charge is 0.462 e. The molecule has 2 N–H and O–H groups in total. The summed E-state index contributed by atoms with van der Waals surface area (Å²) in [7, 11) is 0. The zero-order valence-corrected chi connectivity index (χ0v) is 21.6. The highest BCUT2D eigenvalue weighted by Gasteiger charge is 2.50. The van der Waals surface area contributed by atoms with Gasteiger partial charge in [0.1, 0.15) is 12.2 Å². The van der Waals surface area contributed by atoms with Crippen LogP contribution in [0.5, 0.6) is 0 Å². The molecular formula is C26H40F3NO6. The van der Waals surface area contributed by atoms with Crippen LogP contribution in [0.2, 0.25) is 0 Å². The summed E-state index contributed by atoms with van der Waals surface area (Å²) in [5, 5.41) is 12.1. The third kappa shape index (κ3) is 6.92. The highest BCUT2D eigenvalue weighted by Crippen LogP contribution is 2.50. The molecule has 3 aliphatic rings. The van der Waals surface area contributed by atoms with E-state index in [1.165, 1.54) is 0 Å². The normalized spacial score (nSPS) is 35.4. The van der Waals surface area contributed by atoms with E-state index >= 15 is 0 Å². The van der Waals surface area contributed by atoms with Gasteiger partial charge in [-0.05, 0) is 63.7 Å². The maximum absolute atomic E-state index is 13.0. The Hall–Kier alpha value is -1.84. The molecule has 0 radical (unpaired) electrons. The van der Waals surface area contributed by atoms with Crippen molar-refractivity contribution in [3.05, 3.63) is 0 Å². The van der Waals surface area contributed by atoms with E-state index in [0.717, 1.165) is 12.8 Å². The minimum atomic E-state index is -4.97. The Balaban J connectivity index is 1.80. The summed E-state index contributed by atoms with van der Waals surface area (Å²) in [6, 6.07) is -0.730. The van der Waals surface area contributed by atoms with Crippen LogP contribution >= 0.6 is 0 Å². The lowest BCUT2D eigenvalue weighted by molar-refractivity contribution is -0.179. The Kier molecular flexibility index (Phi) is 8.99. The predicted octanol–water partition coefficient (Wildman–Crippen LogP) is 4.30. The van der Waals surface area contributed by atoms with E-state index in [2.05, 4.69) is 12.2 Å². The second-order valence-corrected chi connectivity index (χ2v) is 11.7. The fourth-order valence-electron chi connectivity index (χ4n) is 6.21. The summed E-state index contributed by atoms with van der Waals surface area (Å²) < 4.78 is 50.3. The number of fused-ring (bicyclic) bond motifs is 1. The molecule has 3 fully saturated rings. The molecule has 1 saturated heterocycles. The van der Waals surface area contributed by atoms with Gasteiger partial charge in [-0.3, -0.25) is 14.4 Å². The van der Waals surface area contributed by atoms with Gasteiger partial charge in [-0.25, -0.2) is 0 Å². The van der Waals surface area contributed by atoms with Crippen molar-refractivity contribution in [2.24, 2.45) is 29.1 Å². The van der Waals surface area contributed by atoms with Crippen molar-refractivity contribution in [3.63, 3.8) is 0 Å². The minimum absolute atomic E-state index is 0.000480. The number of rotatable bonds is 7. The van der Waals surface area contributed by atoms with Gasteiger partial charge in [-0.1, -0.05) is 20.3 Å². The van der Waals surface area contributed by atoms with E-state index in [4.69, 9.17) is 9.47 Å². The van der Waals surface area contributed by atoms with Crippen LogP contribution < -0.4 is 5.32 Å². The first-order chi connectivity index (χ1) is 16.7. The number of nitrogens with one attached hydrogen (secondary N) is 1. The average Bonchev–Trinajstić information content (AvgIpc) is 2.77. The van der Waals surface area contributed by atoms with Crippen molar-refractivity contribution in [1.82, 2.24) is 5.32 Å². The number of ether oxygens (including phenoxy) is 2. The zero-order valence-electron chi connectivity index (χ0n) is 21.6. The number of carbonyl (C=O) groups excluding carboxylic acids is 3. The number of aliphatic hydroxyl groups is 1. The van der Waals surface area contributed by atoms with Crippen molar-refractivity contribution in [1.29, 1.82) is 0 Å². The van der Waals surface area contributed by atoms with Gasteiger partial charge in [0.05, 0.1) is 17.9 Å². The van der Waals surface area contributed by atoms with Crippen molar-refractivity contribution >= 4 is 17.8 Å². The van der Waals surface area contributed by atoms with E-state index in [1.54, 1.807) is 13.8 Å². The number of esters is 2. The number of alkyl halides is 3. The molecule has 8 atom stereocenters. The summed E-state index contributed by atoms with van der Waals surface area (Å²) >= 11 is 0. The SMILES string of the molecule is CCC(C)(C)C(=O)O[C@H]1C[C@@H](NC(=O)C(F)(F)F)C[C@@H]2CC[C@H](C)[C@H](CC[C@H]3C[C@@H](O)CC(=O)O3)[C@H]21. The zero-order chi connectivity index (χ0) is 26.8. The molecule has 0 aromatic rings. The van der Waals surface area contributed by atoms with E-state index in [-0.39, 0.29) is 42.6 Å². The molecule has 10 heteroatoms. The lowest BCUT2D eigenvalue weighted by Crippen LogP contribution is -2.54. The van der Waals surface area contributed by atoms with Gasteiger partial charge in [-0.15, -0.1) is 0 Å². The molecule has 7 nitrogen and oxygen atoms in total. The highest BCUT2D eigenvalue weighted by molar-refractivity contribution is 5.82.